The quantitative estimate of drug-likeness (QED) is 0.241. The van der Waals surface area contributed by atoms with Crippen molar-refractivity contribution in [2.24, 2.45) is 4.99 Å². The molecule has 0 radical (unpaired) electrons. The molecular formula is C36H35N3O7S. The number of nitrogens with zero attached hydrogens (tertiary/aromatic N) is 3. The molecule has 1 amide bonds. The summed E-state index contributed by atoms with van der Waals surface area (Å²) in [6.07, 6.45) is 1.79. The largest absolute Gasteiger partial charge is 0.494 e. The minimum absolute atomic E-state index is 0.0595. The smallest absolute Gasteiger partial charge is 0.338 e. The van der Waals surface area contributed by atoms with Gasteiger partial charge in [-0.2, -0.15) is 0 Å². The molecule has 6 rings (SSSR count). The Morgan fingerprint density at radius 1 is 0.915 bits per heavy atom. The summed E-state index contributed by atoms with van der Waals surface area (Å²) in [5.74, 6) is 0.613. The molecule has 1 fully saturated rings. The number of thiazole rings is 1. The third kappa shape index (κ3) is 7.06. The first-order valence-corrected chi connectivity index (χ1v) is 16.4. The molecular weight excluding hydrogens is 618 g/mol. The number of hydrogen-bond acceptors (Lipinski definition) is 9. The second-order valence-electron chi connectivity index (χ2n) is 10.8. The summed E-state index contributed by atoms with van der Waals surface area (Å²) in [4.78, 5) is 47.3. The third-order valence-electron chi connectivity index (χ3n) is 7.78. The number of morpholine rings is 1. The van der Waals surface area contributed by atoms with Crippen molar-refractivity contribution in [2.45, 2.75) is 19.9 Å². The molecule has 0 aliphatic carbocycles. The second kappa shape index (κ2) is 14.6. The van der Waals surface area contributed by atoms with Gasteiger partial charge in [-0.3, -0.25) is 14.2 Å². The molecule has 3 heterocycles. The Morgan fingerprint density at radius 3 is 2.28 bits per heavy atom. The lowest BCUT2D eigenvalue weighted by atomic mass is 9.93. The van der Waals surface area contributed by atoms with E-state index in [-0.39, 0.29) is 30.3 Å². The van der Waals surface area contributed by atoms with Crippen molar-refractivity contribution in [1.29, 1.82) is 0 Å². The third-order valence-corrected chi connectivity index (χ3v) is 8.77. The Bertz CT molecular complexity index is 1940. The molecule has 0 bridgehead atoms. The van der Waals surface area contributed by atoms with Crippen LogP contribution in [0.25, 0.3) is 11.8 Å². The van der Waals surface area contributed by atoms with Gasteiger partial charge in [-0.15, -0.1) is 0 Å². The fourth-order valence-corrected chi connectivity index (χ4v) is 6.53. The van der Waals surface area contributed by atoms with Crippen molar-refractivity contribution < 1.29 is 28.5 Å². The fraction of sp³-hybridized carbons (Fsp3) is 0.278. The maximum absolute atomic E-state index is 14.1. The van der Waals surface area contributed by atoms with Crippen LogP contribution < -0.4 is 24.4 Å². The van der Waals surface area contributed by atoms with Crippen LogP contribution in [-0.4, -0.2) is 67.5 Å². The van der Waals surface area contributed by atoms with E-state index in [9.17, 15) is 14.4 Å². The number of carbonyl (C=O) groups excluding carboxylic acids is 2. The monoisotopic (exact) mass is 653 g/mol. The number of ether oxygens (including phenoxy) is 4. The molecule has 4 aromatic rings. The summed E-state index contributed by atoms with van der Waals surface area (Å²) in [6, 6.07) is 23.2. The van der Waals surface area contributed by atoms with E-state index in [1.807, 2.05) is 73.7 Å². The summed E-state index contributed by atoms with van der Waals surface area (Å²) in [7, 11) is 0. The average Bonchev–Trinajstić information content (AvgIpc) is 3.42. The van der Waals surface area contributed by atoms with Crippen molar-refractivity contribution in [1.82, 2.24) is 9.47 Å². The van der Waals surface area contributed by atoms with E-state index in [0.29, 0.717) is 59.4 Å². The van der Waals surface area contributed by atoms with Gasteiger partial charge in [0.25, 0.3) is 11.5 Å². The zero-order valence-corrected chi connectivity index (χ0v) is 27.0. The maximum Gasteiger partial charge on any atom is 0.338 e. The van der Waals surface area contributed by atoms with Gasteiger partial charge in [0.2, 0.25) is 0 Å². The lowest BCUT2D eigenvalue weighted by Crippen LogP contribution is -2.42. The number of esters is 1. The van der Waals surface area contributed by atoms with Crippen LogP contribution in [-0.2, 0) is 19.1 Å². The zero-order valence-electron chi connectivity index (χ0n) is 26.2. The van der Waals surface area contributed by atoms with Crippen molar-refractivity contribution in [3.63, 3.8) is 0 Å². The van der Waals surface area contributed by atoms with E-state index in [0.717, 1.165) is 16.7 Å². The summed E-state index contributed by atoms with van der Waals surface area (Å²) in [5, 5.41) is 0. The van der Waals surface area contributed by atoms with Gasteiger partial charge in [0, 0.05) is 18.7 Å². The first-order valence-electron chi connectivity index (χ1n) is 15.6. The van der Waals surface area contributed by atoms with E-state index >= 15 is 0 Å². The molecule has 0 N–H and O–H groups in total. The Morgan fingerprint density at radius 2 is 1.60 bits per heavy atom. The summed E-state index contributed by atoms with van der Waals surface area (Å²) in [6.45, 7) is 6.48. The van der Waals surface area contributed by atoms with Crippen molar-refractivity contribution in [3.8, 4) is 11.5 Å². The van der Waals surface area contributed by atoms with Gasteiger partial charge in [-0.1, -0.05) is 65.9 Å². The van der Waals surface area contributed by atoms with Crippen LogP contribution in [0.3, 0.4) is 0 Å². The van der Waals surface area contributed by atoms with Gasteiger partial charge in [0.1, 0.15) is 11.5 Å². The zero-order chi connectivity index (χ0) is 32.8. The predicted octanol–water partition coefficient (Wildman–Crippen LogP) is 3.57. The number of fused-ring (bicyclic) bond motifs is 1. The van der Waals surface area contributed by atoms with Gasteiger partial charge >= 0.3 is 5.97 Å². The standard InChI is InChI=1S/C36H35N3O7S/c1-3-44-27-16-12-26(13-17-27)33-31(35(42)45-4-2)32(25-8-6-5-7-9-25)37-36-39(33)34(41)29(47-36)22-24-10-14-28(15-11-24)46-23-30(40)38-18-20-43-21-19-38/h5-17,22,33H,3-4,18-21,23H2,1-2H3/b29-22-/t33-/m1/s1. The highest BCUT2D eigenvalue weighted by Gasteiger charge is 2.35. The van der Waals surface area contributed by atoms with E-state index in [4.69, 9.17) is 23.9 Å². The predicted molar refractivity (Wildman–Crippen MR) is 178 cm³/mol. The highest BCUT2D eigenvalue weighted by Crippen LogP contribution is 2.35. The number of rotatable bonds is 10. The molecule has 0 spiro atoms. The number of amides is 1. The highest BCUT2D eigenvalue weighted by atomic mass is 32.1. The van der Waals surface area contributed by atoms with E-state index < -0.39 is 12.0 Å². The van der Waals surface area contributed by atoms with Crippen LogP contribution in [0.2, 0.25) is 0 Å². The van der Waals surface area contributed by atoms with E-state index in [1.54, 1.807) is 34.6 Å². The lowest BCUT2D eigenvalue weighted by Gasteiger charge is -2.26. The van der Waals surface area contributed by atoms with Crippen LogP contribution in [0.1, 0.15) is 36.6 Å². The first-order chi connectivity index (χ1) is 23.0. The number of carbonyl (C=O) groups is 2. The van der Waals surface area contributed by atoms with E-state index in [1.165, 1.54) is 11.3 Å². The highest BCUT2D eigenvalue weighted by molar-refractivity contribution is 7.07. The van der Waals surface area contributed by atoms with Crippen LogP contribution in [0, 0.1) is 0 Å². The summed E-state index contributed by atoms with van der Waals surface area (Å²) >= 11 is 1.25. The second-order valence-corrected chi connectivity index (χ2v) is 11.8. The molecule has 3 aromatic carbocycles. The number of hydrogen-bond donors (Lipinski definition) is 0. The van der Waals surface area contributed by atoms with Crippen LogP contribution in [0.5, 0.6) is 11.5 Å². The maximum atomic E-state index is 14.1. The number of aromatic nitrogens is 1. The minimum atomic E-state index is -0.780. The van der Waals surface area contributed by atoms with Gasteiger partial charge in [-0.05, 0) is 55.3 Å². The molecule has 2 aliphatic heterocycles. The molecule has 242 valence electrons. The molecule has 0 unspecified atom stereocenters. The molecule has 2 aliphatic rings. The normalized spacial score (nSPS) is 16.3. The lowest BCUT2D eigenvalue weighted by molar-refractivity contribution is -0.139. The molecule has 1 atom stereocenters. The summed E-state index contributed by atoms with van der Waals surface area (Å²) < 4.78 is 24.3. The van der Waals surface area contributed by atoms with Gasteiger partial charge < -0.3 is 23.8 Å². The Labute approximate surface area is 275 Å². The first kappa shape index (κ1) is 32.0. The molecule has 1 saturated heterocycles. The van der Waals surface area contributed by atoms with Crippen LogP contribution >= 0.6 is 11.3 Å². The van der Waals surface area contributed by atoms with Gasteiger partial charge in [0.05, 0.1) is 48.3 Å². The van der Waals surface area contributed by atoms with Gasteiger partial charge in [-0.25, -0.2) is 9.79 Å². The Hall–Kier alpha value is -5.00. The molecule has 1 aromatic heterocycles. The van der Waals surface area contributed by atoms with Crippen LogP contribution in [0.4, 0.5) is 0 Å². The van der Waals surface area contributed by atoms with Crippen LogP contribution in [0.15, 0.2) is 94.2 Å². The molecule has 0 saturated carbocycles. The summed E-state index contributed by atoms with van der Waals surface area (Å²) in [5.41, 5.74) is 2.70. The topological polar surface area (TPSA) is 109 Å². The molecule has 47 heavy (non-hydrogen) atoms. The molecule has 10 nitrogen and oxygen atoms in total. The minimum Gasteiger partial charge on any atom is -0.494 e. The number of benzene rings is 3. The molecule has 11 heteroatoms. The Kier molecular flexibility index (Phi) is 9.94. The van der Waals surface area contributed by atoms with Crippen molar-refractivity contribution in [2.75, 3.05) is 46.1 Å². The Balaban J connectivity index is 1.38. The van der Waals surface area contributed by atoms with Crippen molar-refractivity contribution >= 4 is 35.0 Å². The SMILES string of the molecule is CCOC(=O)C1=C(c2ccccc2)N=c2s/c(=C\c3ccc(OCC(=O)N4CCOCC4)cc3)c(=O)n2[C@@H]1c1ccc(OCC)cc1. The van der Waals surface area contributed by atoms with E-state index in [2.05, 4.69) is 0 Å². The van der Waals surface area contributed by atoms with Gasteiger partial charge in [0.15, 0.2) is 11.4 Å². The fourth-order valence-electron chi connectivity index (χ4n) is 5.53. The average molecular weight is 654 g/mol. The van der Waals surface area contributed by atoms with Crippen molar-refractivity contribution in [3.05, 3.63) is 121 Å².